The number of ether oxygens (including phenoxy) is 1. The number of benzene rings is 1. The van der Waals surface area contributed by atoms with Crippen LogP contribution in [0, 0.1) is 0 Å². The van der Waals surface area contributed by atoms with E-state index in [0.29, 0.717) is 17.6 Å². The first-order valence-corrected chi connectivity index (χ1v) is 7.87. The maximum absolute atomic E-state index is 10.4. The highest BCUT2D eigenvalue weighted by Gasteiger charge is 2.25. The molecule has 21 heavy (non-hydrogen) atoms. The quantitative estimate of drug-likeness (QED) is 0.872. The molecule has 4 nitrogen and oxygen atoms in total. The molecule has 0 amide bonds. The molecule has 1 aliphatic heterocycles. The third-order valence-corrected chi connectivity index (χ3v) is 4.47. The topological polar surface area (TPSA) is 35.9 Å². The zero-order valence-electron chi connectivity index (χ0n) is 12.8. The van der Waals surface area contributed by atoms with E-state index in [9.17, 15) is 5.11 Å². The van der Waals surface area contributed by atoms with Crippen molar-refractivity contribution in [3.8, 4) is 0 Å². The molecule has 0 bridgehead atoms. The predicted molar refractivity (Wildman–Crippen MR) is 85.8 cm³/mol. The molecule has 0 aliphatic carbocycles. The largest absolute Gasteiger partial charge is 0.387 e. The van der Waals surface area contributed by atoms with E-state index < -0.39 is 6.10 Å². The highest BCUT2D eigenvalue weighted by molar-refractivity contribution is 6.31. The number of hydrogen-bond donors (Lipinski definition) is 1. The molecule has 1 aliphatic rings. The van der Waals surface area contributed by atoms with Crippen LogP contribution in [0.4, 0.5) is 0 Å². The summed E-state index contributed by atoms with van der Waals surface area (Å²) in [5.41, 5.74) is 0.814. The maximum Gasteiger partial charge on any atom is 0.0931 e. The molecular formula is C16H25ClN2O2. The van der Waals surface area contributed by atoms with Gasteiger partial charge in [0.15, 0.2) is 0 Å². The zero-order chi connectivity index (χ0) is 15.2. The number of β-amino-alcohol motifs (C(OH)–C–C–N with tert-alkyl or cyclic N) is 1. The second-order valence-electron chi connectivity index (χ2n) is 5.67. The van der Waals surface area contributed by atoms with Crippen LogP contribution in [0.15, 0.2) is 24.3 Å². The molecule has 1 N–H and O–H groups in total. The first kappa shape index (κ1) is 16.7. The van der Waals surface area contributed by atoms with Crippen LogP contribution in [0.5, 0.6) is 0 Å². The number of halogens is 1. The van der Waals surface area contributed by atoms with Crippen molar-refractivity contribution in [1.82, 2.24) is 9.80 Å². The minimum absolute atomic E-state index is 0.479. The summed E-state index contributed by atoms with van der Waals surface area (Å²) in [5.74, 6) is 0. The SMILES string of the molecule is COCCN1CCN(C[C@H](O)c2ccccc2Cl)C[C@H]1C. The van der Waals surface area contributed by atoms with Crippen LogP contribution in [0.2, 0.25) is 5.02 Å². The summed E-state index contributed by atoms with van der Waals surface area (Å²) in [6.07, 6.45) is -0.531. The minimum atomic E-state index is -0.531. The van der Waals surface area contributed by atoms with Gasteiger partial charge in [0.2, 0.25) is 0 Å². The van der Waals surface area contributed by atoms with Gasteiger partial charge in [0, 0.05) is 56.5 Å². The van der Waals surface area contributed by atoms with Crippen LogP contribution in [0.25, 0.3) is 0 Å². The van der Waals surface area contributed by atoms with Gasteiger partial charge in [0.25, 0.3) is 0 Å². The van der Waals surface area contributed by atoms with E-state index in [-0.39, 0.29) is 0 Å². The molecule has 1 saturated heterocycles. The summed E-state index contributed by atoms with van der Waals surface area (Å²) >= 11 is 6.15. The Balaban J connectivity index is 1.86. The second-order valence-corrected chi connectivity index (χ2v) is 6.08. The molecule has 0 spiro atoms. The van der Waals surface area contributed by atoms with E-state index in [0.717, 1.165) is 38.3 Å². The van der Waals surface area contributed by atoms with Crippen LogP contribution in [-0.4, -0.2) is 67.4 Å². The molecule has 2 atom stereocenters. The van der Waals surface area contributed by atoms with E-state index in [1.807, 2.05) is 24.3 Å². The lowest BCUT2D eigenvalue weighted by atomic mass is 10.1. The van der Waals surface area contributed by atoms with Crippen molar-refractivity contribution in [3.63, 3.8) is 0 Å². The Morgan fingerprint density at radius 1 is 1.38 bits per heavy atom. The maximum atomic E-state index is 10.4. The normalized spacial score (nSPS) is 22.4. The van der Waals surface area contributed by atoms with Gasteiger partial charge in [0.1, 0.15) is 0 Å². The standard InChI is InChI=1S/C16H25ClN2O2/c1-13-11-18(7-8-19(13)9-10-21-2)12-16(20)14-5-3-4-6-15(14)17/h3-6,13,16,20H,7-12H2,1-2H3/t13-,16+/m1/s1. The average molecular weight is 313 g/mol. The summed E-state index contributed by atoms with van der Waals surface area (Å²) in [7, 11) is 1.74. The predicted octanol–water partition coefficient (Wildman–Crippen LogP) is 2.03. The summed E-state index contributed by atoms with van der Waals surface area (Å²) < 4.78 is 5.15. The van der Waals surface area contributed by atoms with Crippen LogP contribution < -0.4 is 0 Å². The second kappa shape index (κ2) is 8.11. The van der Waals surface area contributed by atoms with E-state index in [4.69, 9.17) is 16.3 Å². The lowest BCUT2D eigenvalue weighted by Gasteiger charge is -2.40. The third kappa shape index (κ3) is 4.66. The number of methoxy groups -OCH3 is 1. The molecule has 0 radical (unpaired) electrons. The molecular weight excluding hydrogens is 288 g/mol. The Bertz CT molecular complexity index is 444. The fourth-order valence-electron chi connectivity index (χ4n) is 2.87. The molecule has 0 saturated carbocycles. The van der Waals surface area contributed by atoms with Gasteiger partial charge in [0.05, 0.1) is 12.7 Å². The van der Waals surface area contributed by atoms with E-state index >= 15 is 0 Å². The fourth-order valence-corrected chi connectivity index (χ4v) is 3.13. The Morgan fingerprint density at radius 3 is 2.81 bits per heavy atom. The van der Waals surface area contributed by atoms with Crippen LogP contribution in [-0.2, 0) is 4.74 Å². The van der Waals surface area contributed by atoms with Gasteiger partial charge < -0.3 is 9.84 Å². The van der Waals surface area contributed by atoms with E-state index in [1.54, 1.807) is 7.11 Å². The van der Waals surface area contributed by atoms with Crippen molar-refractivity contribution in [2.75, 3.05) is 46.4 Å². The average Bonchev–Trinajstić information content (AvgIpc) is 2.47. The van der Waals surface area contributed by atoms with Gasteiger partial charge in [-0.25, -0.2) is 0 Å². The van der Waals surface area contributed by atoms with Crippen molar-refractivity contribution in [1.29, 1.82) is 0 Å². The Morgan fingerprint density at radius 2 is 2.14 bits per heavy atom. The number of aliphatic hydroxyl groups excluding tert-OH is 1. The molecule has 1 aromatic rings. The molecule has 1 aromatic carbocycles. The molecule has 0 aromatic heterocycles. The molecule has 0 unspecified atom stereocenters. The number of hydrogen-bond acceptors (Lipinski definition) is 4. The van der Waals surface area contributed by atoms with Gasteiger partial charge in [-0.2, -0.15) is 0 Å². The Hall–Kier alpha value is -0.650. The number of piperazine rings is 1. The van der Waals surface area contributed by atoms with E-state index in [1.165, 1.54) is 0 Å². The first-order chi connectivity index (χ1) is 10.1. The highest BCUT2D eigenvalue weighted by atomic mass is 35.5. The van der Waals surface area contributed by atoms with E-state index in [2.05, 4.69) is 16.7 Å². The van der Waals surface area contributed by atoms with Crippen LogP contribution in [0.3, 0.4) is 0 Å². The van der Waals surface area contributed by atoms with Crippen molar-refractivity contribution in [3.05, 3.63) is 34.9 Å². The van der Waals surface area contributed by atoms with Crippen molar-refractivity contribution in [2.24, 2.45) is 0 Å². The minimum Gasteiger partial charge on any atom is -0.387 e. The molecule has 1 heterocycles. The van der Waals surface area contributed by atoms with Crippen molar-refractivity contribution >= 4 is 11.6 Å². The Kier molecular flexibility index (Phi) is 6.45. The molecule has 2 rings (SSSR count). The summed E-state index contributed by atoms with van der Waals surface area (Å²) in [5, 5.41) is 11.0. The van der Waals surface area contributed by atoms with Gasteiger partial charge in [-0.05, 0) is 13.0 Å². The van der Waals surface area contributed by atoms with Gasteiger partial charge >= 0.3 is 0 Å². The molecule has 118 valence electrons. The highest BCUT2D eigenvalue weighted by Crippen LogP contribution is 2.24. The van der Waals surface area contributed by atoms with Gasteiger partial charge in [-0.15, -0.1) is 0 Å². The third-order valence-electron chi connectivity index (χ3n) is 4.13. The zero-order valence-corrected chi connectivity index (χ0v) is 13.6. The number of rotatable bonds is 6. The fraction of sp³-hybridized carbons (Fsp3) is 0.625. The summed E-state index contributed by atoms with van der Waals surface area (Å²) in [6.45, 7) is 7.54. The Labute approximate surface area is 132 Å². The molecule has 1 fully saturated rings. The van der Waals surface area contributed by atoms with Crippen LogP contribution >= 0.6 is 11.6 Å². The lowest BCUT2D eigenvalue weighted by Crippen LogP contribution is -2.53. The number of aliphatic hydroxyl groups is 1. The number of nitrogens with zero attached hydrogens (tertiary/aromatic N) is 2. The van der Waals surface area contributed by atoms with Crippen molar-refractivity contribution in [2.45, 2.75) is 19.1 Å². The molecule has 5 heteroatoms. The monoisotopic (exact) mass is 312 g/mol. The van der Waals surface area contributed by atoms with Gasteiger partial charge in [-0.1, -0.05) is 29.8 Å². The van der Waals surface area contributed by atoms with Crippen LogP contribution in [0.1, 0.15) is 18.6 Å². The lowest BCUT2D eigenvalue weighted by molar-refractivity contribution is 0.0331. The summed E-state index contributed by atoms with van der Waals surface area (Å²) in [4.78, 5) is 4.74. The van der Waals surface area contributed by atoms with Gasteiger partial charge in [-0.3, -0.25) is 9.80 Å². The summed E-state index contributed by atoms with van der Waals surface area (Å²) in [6, 6.07) is 7.99. The van der Waals surface area contributed by atoms with Crippen molar-refractivity contribution < 1.29 is 9.84 Å². The smallest absolute Gasteiger partial charge is 0.0931 e. The first-order valence-electron chi connectivity index (χ1n) is 7.49.